The summed E-state index contributed by atoms with van der Waals surface area (Å²) in [6, 6.07) is 43.2. The second-order valence-electron chi connectivity index (χ2n) is 18.5. The lowest BCUT2D eigenvalue weighted by Crippen LogP contribution is -2.31. The van der Waals surface area contributed by atoms with Gasteiger partial charge in [-0.1, -0.05) is 85.3 Å². The van der Waals surface area contributed by atoms with Crippen LogP contribution in [0.2, 0.25) is 0 Å². The molecule has 296 valence electrons. The van der Waals surface area contributed by atoms with Crippen molar-refractivity contribution in [1.82, 2.24) is 19.9 Å². The van der Waals surface area contributed by atoms with E-state index >= 15 is 0 Å². The van der Waals surface area contributed by atoms with E-state index in [0.29, 0.717) is 34.9 Å². The molecule has 3 saturated carbocycles. The van der Waals surface area contributed by atoms with E-state index in [0.717, 1.165) is 74.6 Å². The van der Waals surface area contributed by atoms with E-state index in [1.165, 1.54) is 59.3 Å². The monoisotopic (exact) mass is 800 g/mol. The molecule has 3 aromatic heterocycles. The molecule has 0 amide bonds. The van der Waals surface area contributed by atoms with Crippen LogP contribution in [0.5, 0.6) is 0 Å². The molecule has 1 aliphatic heterocycles. The van der Waals surface area contributed by atoms with Crippen LogP contribution in [0.4, 0.5) is 11.4 Å². The highest BCUT2D eigenvalue weighted by molar-refractivity contribution is 6.05. The molecular formula is C55H40N6O. The molecule has 8 aromatic rings. The number of fused-ring (bicyclic) bond motifs is 13. The third kappa shape index (κ3) is 4.70. The van der Waals surface area contributed by atoms with E-state index in [4.69, 9.17) is 24.4 Å². The highest BCUT2D eigenvalue weighted by atomic mass is 16.3. The smallest absolute Gasteiger partial charge is 0.164 e. The van der Waals surface area contributed by atoms with Crippen molar-refractivity contribution in [3.8, 4) is 40.0 Å². The number of nitrogens with zero attached hydrogens (tertiary/aromatic N) is 6. The molecule has 7 nitrogen and oxygen atoms in total. The van der Waals surface area contributed by atoms with Gasteiger partial charge in [-0.25, -0.2) is 15.0 Å². The molecule has 2 bridgehead atoms. The first-order chi connectivity index (χ1) is 30.6. The normalized spacial score (nSPS) is 24.8. The van der Waals surface area contributed by atoms with Gasteiger partial charge in [-0.2, -0.15) is 5.26 Å². The number of hydrogen-bond acceptors (Lipinski definition) is 7. The van der Waals surface area contributed by atoms with Crippen LogP contribution in [0.3, 0.4) is 0 Å². The van der Waals surface area contributed by atoms with Gasteiger partial charge in [-0.15, -0.1) is 0 Å². The summed E-state index contributed by atoms with van der Waals surface area (Å²) in [7, 11) is 0. The summed E-state index contributed by atoms with van der Waals surface area (Å²) in [5.74, 6) is 4.87. The Morgan fingerprint density at radius 2 is 1.52 bits per heavy atom. The zero-order valence-electron chi connectivity index (χ0n) is 34.0. The van der Waals surface area contributed by atoms with Gasteiger partial charge in [-0.3, -0.25) is 4.98 Å². The molecule has 6 unspecified atom stereocenters. The number of benzene rings is 5. The summed E-state index contributed by atoms with van der Waals surface area (Å²) >= 11 is 0. The summed E-state index contributed by atoms with van der Waals surface area (Å²) in [5, 5.41) is 12.6. The molecule has 3 fully saturated rings. The van der Waals surface area contributed by atoms with Crippen molar-refractivity contribution in [2.24, 2.45) is 23.7 Å². The van der Waals surface area contributed by atoms with Crippen LogP contribution in [0.1, 0.15) is 72.5 Å². The fraction of sp³-hybridized carbons (Fsp3) is 0.218. The molecule has 6 atom stereocenters. The van der Waals surface area contributed by atoms with E-state index in [1.807, 2.05) is 18.2 Å². The lowest BCUT2D eigenvalue weighted by atomic mass is 9.68. The minimum absolute atomic E-state index is 0.167. The van der Waals surface area contributed by atoms with E-state index in [2.05, 4.69) is 126 Å². The Hall–Kier alpha value is -7.17. The minimum Gasteiger partial charge on any atom is -0.456 e. The molecule has 5 aliphatic carbocycles. The maximum Gasteiger partial charge on any atom is 0.164 e. The van der Waals surface area contributed by atoms with Gasteiger partial charge in [-0.05, 0) is 127 Å². The first-order valence-electron chi connectivity index (χ1n) is 22.2. The third-order valence-corrected chi connectivity index (χ3v) is 15.6. The molecule has 6 aliphatic rings. The summed E-state index contributed by atoms with van der Waals surface area (Å²) in [5.41, 5.74) is 14.7. The van der Waals surface area contributed by atoms with Crippen LogP contribution in [0.15, 0.2) is 150 Å². The minimum atomic E-state index is -0.167. The molecule has 7 heteroatoms. The molecule has 62 heavy (non-hydrogen) atoms. The number of aromatic nitrogens is 4. The van der Waals surface area contributed by atoms with Gasteiger partial charge in [0.25, 0.3) is 0 Å². The van der Waals surface area contributed by atoms with Gasteiger partial charge in [0.05, 0.1) is 5.56 Å². The highest BCUT2D eigenvalue weighted by Gasteiger charge is 2.63. The lowest BCUT2D eigenvalue weighted by Gasteiger charge is -2.35. The summed E-state index contributed by atoms with van der Waals surface area (Å²) < 4.78 is 6.39. The van der Waals surface area contributed by atoms with Crippen LogP contribution in [-0.2, 0) is 5.41 Å². The van der Waals surface area contributed by atoms with Crippen LogP contribution in [0.25, 0.3) is 61.4 Å². The number of hydrogen-bond donors (Lipinski definition) is 0. The average molecular weight is 801 g/mol. The summed E-state index contributed by atoms with van der Waals surface area (Å²) in [6.07, 6.45) is 15.6. The van der Waals surface area contributed by atoms with E-state index in [1.54, 1.807) is 6.20 Å². The second-order valence-corrected chi connectivity index (χ2v) is 18.5. The molecule has 4 heterocycles. The van der Waals surface area contributed by atoms with Gasteiger partial charge in [0.2, 0.25) is 0 Å². The van der Waals surface area contributed by atoms with Crippen LogP contribution in [-0.4, -0.2) is 19.9 Å². The maximum absolute atomic E-state index is 10.4. The SMILES string of the molecule is N#Cc1cncc2c1-c1ccc(-c3nc(C4=CCC5C(=C4)N(c4ccccc4)c4ccccc45)nc(-c4ccc5c(c4)oc4ccccc45)n3)cc1C21CC2CCC3CC2C1C3. The number of anilines is 2. The zero-order chi connectivity index (χ0) is 40.7. The molecular weight excluding hydrogens is 761 g/mol. The van der Waals surface area contributed by atoms with Crippen molar-refractivity contribution in [2.45, 2.75) is 49.9 Å². The quantitative estimate of drug-likeness (QED) is 0.175. The Bertz CT molecular complexity index is 3340. The largest absolute Gasteiger partial charge is 0.456 e. The molecule has 5 aromatic carbocycles. The van der Waals surface area contributed by atoms with Gasteiger partial charge >= 0.3 is 0 Å². The Morgan fingerprint density at radius 3 is 2.42 bits per heavy atom. The van der Waals surface area contributed by atoms with Crippen molar-refractivity contribution in [1.29, 1.82) is 5.26 Å². The van der Waals surface area contributed by atoms with Gasteiger partial charge < -0.3 is 9.32 Å². The Morgan fingerprint density at radius 1 is 0.726 bits per heavy atom. The van der Waals surface area contributed by atoms with Gasteiger partial charge in [0, 0.05) is 73.8 Å². The first kappa shape index (κ1) is 34.5. The highest BCUT2D eigenvalue weighted by Crippen LogP contribution is 2.70. The van der Waals surface area contributed by atoms with E-state index in [-0.39, 0.29) is 11.3 Å². The number of allylic oxidation sites excluding steroid dienone is 4. The summed E-state index contributed by atoms with van der Waals surface area (Å²) in [6.45, 7) is 0. The Labute approximate surface area is 359 Å². The van der Waals surface area contributed by atoms with E-state index in [9.17, 15) is 5.26 Å². The number of pyridine rings is 1. The van der Waals surface area contributed by atoms with Crippen molar-refractivity contribution < 1.29 is 4.42 Å². The van der Waals surface area contributed by atoms with Crippen molar-refractivity contribution >= 4 is 38.9 Å². The molecule has 0 radical (unpaired) electrons. The Balaban J connectivity index is 0.956. The average Bonchev–Trinajstić information content (AvgIpc) is 4.11. The molecule has 1 spiro atoms. The van der Waals surface area contributed by atoms with Crippen LogP contribution >= 0.6 is 0 Å². The first-order valence-corrected chi connectivity index (χ1v) is 22.2. The molecule has 0 N–H and O–H groups in total. The topological polar surface area (TPSA) is 91.7 Å². The van der Waals surface area contributed by atoms with Crippen LogP contribution in [0, 0.1) is 35.0 Å². The predicted molar refractivity (Wildman–Crippen MR) is 242 cm³/mol. The fourth-order valence-electron chi connectivity index (χ4n) is 13.2. The molecule has 14 rings (SSSR count). The Kier molecular flexibility index (Phi) is 7.07. The summed E-state index contributed by atoms with van der Waals surface area (Å²) in [4.78, 5) is 23.1. The van der Waals surface area contributed by atoms with Gasteiger partial charge in [0.15, 0.2) is 17.5 Å². The second kappa shape index (κ2) is 12.7. The predicted octanol–water partition coefficient (Wildman–Crippen LogP) is 12.7. The fourth-order valence-corrected chi connectivity index (χ4v) is 13.2. The van der Waals surface area contributed by atoms with Crippen molar-refractivity contribution in [3.05, 3.63) is 174 Å². The van der Waals surface area contributed by atoms with Crippen LogP contribution < -0.4 is 4.90 Å². The molecule has 0 saturated heterocycles. The lowest BCUT2D eigenvalue weighted by molar-refractivity contribution is 0.260. The number of para-hydroxylation sites is 3. The van der Waals surface area contributed by atoms with Crippen molar-refractivity contribution in [3.63, 3.8) is 0 Å². The van der Waals surface area contributed by atoms with E-state index < -0.39 is 0 Å². The maximum atomic E-state index is 10.4. The van der Waals surface area contributed by atoms with Crippen molar-refractivity contribution in [2.75, 3.05) is 4.90 Å². The number of nitriles is 1. The number of rotatable bonds is 4. The standard InChI is InChI=1S/C55H40N6O/c56-28-36-29-57-30-46-51(36)42-21-18-32(24-45(42)55(46)27-35-15-14-31-22-43(35)44(55)23-31)52-58-53(60-54(59-52)34-17-20-41-40-11-5-7-13-49(40)62-50(41)26-34)33-16-19-39-38-10-4-6-12-47(38)61(48(39)25-33)37-8-2-1-3-9-37/h1-13,16-18,20-21,24-26,29-31,35,39,43-44H,14-15,19,22-23,27H2. The third-order valence-electron chi connectivity index (χ3n) is 15.6. The van der Waals surface area contributed by atoms with Gasteiger partial charge in [0.1, 0.15) is 17.2 Å². The zero-order valence-corrected chi connectivity index (χ0v) is 34.0. The number of furan rings is 1.